The summed E-state index contributed by atoms with van der Waals surface area (Å²) in [4.78, 5) is 4.22. The Labute approximate surface area is 87.2 Å². The maximum Gasteiger partial charge on any atom is 0.0783 e. The third-order valence-electron chi connectivity index (χ3n) is 2.20. The van der Waals surface area contributed by atoms with Crippen LogP contribution in [0.2, 0.25) is 5.02 Å². The van der Waals surface area contributed by atoms with Gasteiger partial charge in [0.15, 0.2) is 0 Å². The average Bonchev–Trinajstić information content (AvgIpc) is 2.18. The minimum Gasteiger partial charge on any atom is -0.389 e. The van der Waals surface area contributed by atoms with E-state index in [1.807, 2.05) is 18.2 Å². The molecule has 72 valence electrons. The predicted molar refractivity (Wildman–Crippen MR) is 57.4 cm³/mol. The molecule has 1 atom stereocenters. The maximum atomic E-state index is 9.53. The monoisotopic (exact) mass is 207 g/mol. The molecular weight excluding hydrogens is 198 g/mol. The van der Waals surface area contributed by atoms with Crippen molar-refractivity contribution in [2.45, 2.75) is 13.0 Å². The predicted octanol–water partition coefficient (Wildman–Crippen LogP) is 2.94. The Morgan fingerprint density at radius 2 is 2.14 bits per heavy atom. The summed E-state index contributed by atoms with van der Waals surface area (Å²) in [5.74, 6) is 0. The molecule has 14 heavy (non-hydrogen) atoms. The van der Waals surface area contributed by atoms with Crippen molar-refractivity contribution in [3.8, 4) is 0 Å². The molecule has 2 aromatic rings. The topological polar surface area (TPSA) is 33.1 Å². The van der Waals surface area contributed by atoms with Crippen LogP contribution in [0, 0.1) is 0 Å². The van der Waals surface area contributed by atoms with Gasteiger partial charge in [-0.15, -0.1) is 0 Å². The van der Waals surface area contributed by atoms with Crippen LogP contribution < -0.4 is 0 Å². The second-order valence-corrected chi connectivity index (χ2v) is 3.62. The number of benzene rings is 1. The van der Waals surface area contributed by atoms with Gasteiger partial charge in [-0.1, -0.05) is 17.7 Å². The summed E-state index contributed by atoms with van der Waals surface area (Å²) in [6.07, 6.45) is 1.18. The first-order chi connectivity index (χ1) is 6.70. The minimum atomic E-state index is -0.523. The minimum absolute atomic E-state index is 0.523. The summed E-state index contributed by atoms with van der Waals surface area (Å²) in [6.45, 7) is 1.72. The number of aliphatic hydroxyl groups excluding tert-OH is 1. The number of rotatable bonds is 1. The molecule has 0 spiro atoms. The standard InChI is InChI=1S/C11H10ClNO/c1-7(14)8-4-5-10(12)9-3-2-6-13-11(8)9/h2-7,14H,1H3. The second-order valence-electron chi connectivity index (χ2n) is 3.21. The molecule has 0 saturated carbocycles. The van der Waals surface area contributed by atoms with Gasteiger partial charge < -0.3 is 5.11 Å². The number of fused-ring (bicyclic) bond motifs is 1. The van der Waals surface area contributed by atoms with Crippen LogP contribution in [-0.2, 0) is 0 Å². The van der Waals surface area contributed by atoms with E-state index < -0.39 is 6.10 Å². The third-order valence-corrected chi connectivity index (χ3v) is 2.53. The lowest BCUT2D eigenvalue weighted by atomic mass is 10.1. The first-order valence-corrected chi connectivity index (χ1v) is 4.79. The van der Waals surface area contributed by atoms with E-state index in [0.717, 1.165) is 16.5 Å². The highest BCUT2D eigenvalue weighted by atomic mass is 35.5. The van der Waals surface area contributed by atoms with Crippen molar-refractivity contribution in [2.75, 3.05) is 0 Å². The number of pyridine rings is 1. The first-order valence-electron chi connectivity index (χ1n) is 4.41. The van der Waals surface area contributed by atoms with E-state index in [4.69, 9.17) is 11.6 Å². The molecule has 0 amide bonds. The lowest BCUT2D eigenvalue weighted by molar-refractivity contribution is 0.200. The molecule has 0 aliphatic rings. The number of aliphatic hydroxyl groups is 1. The Kier molecular flexibility index (Phi) is 2.40. The van der Waals surface area contributed by atoms with Gasteiger partial charge in [0, 0.05) is 22.2 Å². The van der Waals surface area contributed by atoms with Crippen LogP contribution in [0.4, 0.5) is 0 Å². The van der Waals surface area contributed by atoms with Gasteiger partial charge in [-0.3, -0.25) is 4.98 Å². The molecule has 1 aromatic carbocycles. The highest BCUT2D eigenvalue weighted by molar-refractivity contribution is 6.35. The number of hydrogen-bond acceptors (Lipinski definition) is 2. The molecule has 1 aromatic heterocycles. The lowest BCUT2D eigenvalue weighted by Crippen LogP contribution is -1.94. The average molecular weight is 208 g/mol. The highest BCUT2D eigenvalue weighted by Gasteiger charge is 2.08. The van der Waals surface area contributed by atoms with Crippen LogP contribution in [0.5, 0.6) is 0 Å². The van der Waals surface area contributed by atoms with E-state index in [1.165, 1.54) is 0 Å². The highest BCUT2D eigenvalue weighted by Crippen LogP contribution is 2.27. The number of hydrogen-bond donors (Lipinski definition) is 1. The molecule has 0 aliphatic heterocycles. The van der Waals surface area contributed by atoms with Crippen molar-refractivity contribution >= 4 is 22.5 Å². The fourth-order valence-electron chi connectivity index (χ4n) is 1.50. The summed E-state index contributed by atoms with van der Waals surface area (Å²) >= 11 is 6.01. The van der Waals surface area contributed by atoms with Crippen molar-refractivity contribution < 1.29 is 5.11 Å². The smallest absolute Gasteiger partial charge is 0.0783 e. The van der Waals surface area contributed by atoms with Crippen molar-refractivity contribution in [1.82, 2.24) is 4.98 Å². The zero-order valence-corrected chi connectivity index (χ0v) is 8.49. The lowest BCUT2D eigenvalue weighted by Gasteiger charge is -2.08. The molecule has 2 rings (SSSR count). The Balaban J connectivity index is 2.82. The molecule has 0 radical (unpaired) electrons. The largest absolute Gasteiger partial charge is 0.389 e. The van der Waals surface area contributed by atoms with Crippen molar-refractivity contribution in [2.24, 2.45) is 0 Å². The van der Waals surface area contributed by atoms with Gasteiger partial charge in [0.1, 0.15) is 0 Å². The number of halogens is 1. The zero-order valence-electron chi connectivity index (χ0n) is 7.74. The molecule has 1 heterocycles. The Morgan fingerprint density at radius 3 is 2.86 bits per heavy atom. The molecule has 0 saturated heterocycles. The second kappa shape index (κ2) is 3.56. The third kappa shape index (κ3) is 1.47. The van der Waals surface area contributed by atoms with Crippen molar-refractivity contribution in [3.05, 3.63) is 41.0 Å². The maximum absolute atomic E-state index is 9.53. The first kappa shape index (κ1) is 9.44. The molecule has 0 aliphatic carbocycles. The Bertz CT molecular complexity index is 468. The van der Waals surface area contributed by atoms with Gasteiger partial charge in [-0.25, -0.2) is 0 Å². The van der Waals surface area contributed by atoms with Gasteiger partial charge in [0.2, 0.25) is 0 Å². The van der Waals surface area contributed by atoms with Crippen LogP contribution in [0.25, 0.3) is 10.9 Å². The van der Waals surface area contributed by atoms with Gasteiger partial charge in [-0.2, -0.15) is 0 Å². The number of nitrogens with zero attached hydrogens (tertiary/aromatic N) is 1. The molecule has 1 N–H and O–H groups in total. The molecule has 3 heteroatoms. The Morgan fingerprint density at radius 1 is 1.36 bits per heavy atom. The van der Waals surface area contributed by atoms with Gasteiger partial charge >= 0.3 is 0 Å². The van der Waals surface area contributed by atoms with Crippen molar-refractivity contribution in [3.63, 3.8) is 0 Å². The van der Waals surface area contributed by atoms with Gasteiger partial charge in [-0.05, 0) is 25.1 Å². The van der Waals surface area contributed by atoms with Crippen molar-refractivity contribution in [1.29, 1.82) is 0 Å². The van der Waals surface area contributed by atoms with Gasteiger partial charge in [0.05, 0.1) is 11.6 Å². The van der Waals surface area contributed by atoms with E-state index in [9.17, 15) is 5.11 Å². The molecule has 0 fully saturated rings. The normalized spacial score (nSPS) is 13.1. The molecular formula is C11H10ClNO. The summed E-state index contributed by atoms with van der Waals surface area (Å²) in [6, 6.07) is 7.33. The quantitative estimate of drug-likeness (QED) is 0.780. The van der Waals surface area contributed by atoms with Gasteiger partial charge in [0.25, 0.3) is 0 Å². The van der Waals surface area contributed by atoms with Crippen LogP contribution >= 0.6 is 11.6 Å². The van der Waals surface area contributed by atoms with Crippen LogP contribution in [0.1, 0.15) is 18.6 Å². The SMILES string of the molecule is CC(O)c1ccc(Cl)c2cccnc12. The Hall–Kier alpha value is -1.12. The molecule has 2 nitrogen and oxygen atoms in total. The van der Waals surface area contributed by atoms with Crippen LogP contribution in [0.15, 0.2) is 30.5 Å². The van der Waals surface area contributed by atoms with E-state index in [1.54, 1.807) is 19.2 Å². The molecule has 1 unspecified atom stereocenters. The van der Waals surface area contributed by atoms with E-state index >= 15 is 0 Å². The summed E-state index contributed by atoms with van der Waals surface area (Å²) in [7, 11) is 0. The fourth-order valence-corrected chi connectivity index (χ4v) is 1.71. The summed E-state index contributed by atoms with van der Waals surface area (Å²) in [5.41, 5.74) is 1.58. The molecule has 0 bridgehead atoms. The fraction of sp³-hybridized carbons (Fsp3) is 0.182. The van der Waals surface area contributed by atoms with Crippen LogP contribution in [0.3, 0.4) is 0 Å². The number of aromatic nitrogens is 1. The summed E-state index contributed by atoms with van der Waals surface area (Å²) < 4.78 is 0. The zero-order chi connectivity index (χ0) is 10.1. The van der Waals surface area contributed by atoms with E-state index in [2.05, 4.69) is 4.98 Å². The summed E-state index contributed by atoms with van der Waals surface area (Å²) in [5, 5.41) is 11.1. The van der Waals surface area contributed by atoms with E-state index in [-0.39, 0.29) is 0 Å². The van der Waals surface area contributed by atoms with E-state index in [0.29, 0.717) is 5.02 Å². The van der Waals surface area contributed by atoms with Crippen LogP contribution in [-0.4, -0.2) is 10.1 Å².